The molecule has 0 saturated carbocycles. The summed E-state index contributed by atoms with van der Waals surface area (Å²) in [7, 11) is 0. The van der Waals surface area contributed by atoms with Crippen LogP contribution in [-0.4, -0.2) is 4.98 Å². The number of hydrogen-bond donors (Lipinski definition) is 1. The Hall–Kier alpha value is -2.69. The molecule has 0 bridgehead atoms. The molecule has 4 aromatic rings. The Morgan fingerprint density at radius 3 is 2.60 bits per heavy atom. The zero-order valence-corrected chi connectivity index (χ0v) is 10.0. The highest BCUT2D eigenvalue weighted by molar-refractivity contribution is 6.13. The van der Waals surface area contributed by atoms with E-state index >= 15 is 0 Å². The molecule has 3 nitrogen and oxygen atoms in total. The van der Waals surface area contributed by atoms with Crippen LogP contribution >= 0.6 is 0 Å². The fraction of sp³-hybridized carbons (Fsp3) is 0. The Bertz CT molecular complexity index is 1050. The van der Waals surface area contributed by atoms with Crippen molar-refractivity contribution in [1.82, 2.24) is 4.98 Å². The van der Waals surface area contributed by atoms with Crippen LogP contribution in [0.5, 0.6) is 0 Å². The minimum absolute atomic E-state index is 0.0873. The van der Waals surface area contributed by atoms with Crippen LogP contribution in [0, 0.1) is 11.6 Å². The van der Waals surface area contributed by atoms with Gasteiger partial charge in [-0.2, -0.15) is 0 Å². The lowest BCUT2D eigenvalue weighted by Gasteiger charge is -1.97. The fourth-order valence-corrected chi connectivity index (χ4v) is 2.54. The molecule has 0 aliphatic heterocycles. The number of benzene rings is 2. The summed E-state index contributed by atoms with van der Waals surface area (Å²) in [6.07, 6.45) is 0. The largest absolute Gasteiger partial charge is 0.420 e. The first-order chi connectivity index (χ1) is 9.65. The standard InChI is InChI=1S/C15H7F2NO2/c16-7-5-10(17)12-11(6-7)18-13-8-3-1-2-4-9(8)15(19)20-14(12)13/h1-6,18H. The van der Waals surface area contributed by atoms with Crippen LogP contribution in [0.4, 0.5) is 8.78 Å². The van der Waals surface area contributed by atoms with E-state index in [1.807, 2.05) is 0 Å². The molecule has 0 amide bonds. The van der Waals surface area contributed by atoms with Gasteiger partial charge in [-0.25, -0.2) is 13.6 Å². The van der Waals surface area contributed by atoms with Crippen molar-refractivity contribution in [3.63, 3.8) is 0 Å². The first-order valence-corrected chi connectivity index (χ1v) is 5.97. The van der Waals surface area contributed by atoms with Gasteiger partial charge in [-0.1, -0.05) is 18.2 Å². The maximum atomic E-state index is 13.9. The molecule has 0 unspecified atom stereocenters. The number of aromatic nitrogens is 1. The van der Waals surface area contributed by atoms with Gasteiger partial charge in [0.1, 0.15) is 11.6 Å². The molecule has 2 aromatic heterocycles. The number of halogens is 2. The van der Waals surface area contributed by atoms with E-state index in [0.29, 0.717) is 16.3 Å². The van der Waals surface area contributed by atoms with Crippen LogP contribution in [0.15, 0.2) is 45.6 Å². The molecule has 5 heteroatoms. The van der Waals surface area contributed by atoms with Crippen molar-refractivity contribution < 1.29 is 13.2 Å². The molecule has 0 atom stereocenters. The number of fused-ring (bicyclic) bond motifs is 5. The molecule has 0 saturated heterocycles. The summed E-state index contributed by atoms with van der Waals surface area (Å²) in [5.74, 6) is -1.45. The van der Waals surface area contributed by atoms with Gasteiger partial charge in [0.2, 0.25) is 0 Å². The van der Waals surface area contributed by atoms with Gasteiger partial charge in [-0.3, -0.25) is 0 Å². The highest BCUT2D eigenvalue weighted by atomic mass is 19.1. The zero-order valence-electron chi connectivity index (χ0n) is 10.0. The topological polar surface area (TPSA) is 46.0 Å². The van der Waals surface area contributed by atoms with Crippen LogP contribution in [-0.2, 0) is 0 Å². The molecule has 0 spiro atoms. The van der Waals surface area contributed by atoms with Crippen molar-refractivity contribution in [2.24, 2.45) is 0 Å². The average molecular weight is 271 g/mol. The van der Waals surface area contributed by atoms with Crippen molar-refractivity contribution in [3.05, 3.63) is 58.5 Å². The second-order valence-corrected chi connectivity index (χ2v) is 4.57. The Morgan fingerprint density at radius 1 is 1.05 bits per heavy atom. The third kappa shape index (κ3) is 1.34. The highest BCUT2D eigenvalue weighted by Gasteiger charge is 2.16. The number of aromatic amines is 1. The van der Waals surface area contributed by atoms with Crippen molar-refractivity contribution >= 4 is 32.8 Å². The monoisotopic (exact) mass is 271 g/mol. The smallest absolute Gasteiger partial charge is 0.344 e. The molecule has 1 N–H and O–H groups in total. The van der Waals surface area contributed by atoms with E-state index in [4.69, 9.17) is 4.42 Å². The molecule has 20 heavy (non-hydrogen) atoms. The normalized spacial score (nSPS) is 11.7. The predicted octanol–water partition coefficient (Wildman–Crippen LogP) is 3.71. The third-order valence-corrected chi connectivity index (χ3v) is 3.38. The quantitative estimate of drug-likeness (QED) is 0.530. The minimum Gasteiger partial charge on any atom is -0.420 e. The second kappa shape index (κ2) is 3.66. The lowest BCUT2D eigenvalue weighted by atomic mass is 10.1. The SMILES string of the molecule is O=c1oc2c([nH]c3cc(F)cc(F)c32)c2ccccc12. The first kappa shape index (κ1) is 11.2. The van der Waals surface area contributed by atoms with E-state index in [1.165, 1.54) is 6.07 Å². The number of H-pyrrole nitrogens is 1. The summed E-state index contributed by atoms with van der Waals surface area (Å²) in [6.45, 7) is 0. The van der Waals surface area contributed by atoms with Crippen LogP contribution in [0.1, 0.15) is 0 Å². The Kier molecular flexibility index (Phi) is 2.04. The molecule has 98 valence electrons. The lowest BCUT2D eigenvalue weighted by molar-refractivity contribution is 0.567. The molecule has 0 aliphatic rings. The van der Waals surface area contributed by atoms with E-state index in [0.717, 1.165) is 6.07 Å². The minimum atomic E-state index is -0.760. The molecule has 4 rings (SSSR count). The summed E-state index contributed by atoms with van der Waals surface area (Å²) < 4.78 is 32.4. The Balaban J connectivity index is 2.37. The second-order valence-electron chi connectivity index (χ2n) is 4.57. The van der Waals surface area contributed by atoms with Gasteiger partial charge in [0.15, 0.2) is 5.58 Å². The van der Waals surface area contributed by atoms with Gasteiger partial charge in [0.25, 0.3) is 0 Å². The first-order valence-electron chi connectivity index (χ1n) is 5.97. The zero-order chi connectivity index (χ0) is 13.9. The predicted molar refractivity (Wildman–Crippen MR) is 71.8 cm³/mol. The van der Waals surface area contributed by atoms with E-state index in [2.05, 4.69) is 4.98 Å². The van der Waals surface area contributed by atoms with E-state index in [9.17, 15) is 13.6 Å². The van der Waals surface area contributed by atoms with Gasteiger partial charge in [0.05, 0.1) is 21.8 Å². The third-order valence-electron chi connectivity index (χ3n) is 3.38. The summed E-state index contributed by atoms with van der Waals surface area (Å²) >= 11 is 0. The van der Waals surface area contributed by atoms with Crippen LogP contribution in [0.2, 0.25) is 0 Å². The van der Waals surface area contributed by atoms with Gasteiger partial charge >= 0.3 is 5.63 Å². The van der Waals surface area contributed by atoms with Crippen LogP contribution < -0.4 is 5.63 Å². The molecule has 0 aliphatic carbocycles. The van der Waals surface area contributed by atoms with Crippen molar-refractivity contribution in [1.29, 1.82) is 0 Å². The van der Waals surface area contributed by atoms with Gasteiger partial charge in [-0.15, -0.1) is 0 Å². The van der Waals surface area contributed by atoms with E-state index in [1.54, 1.807) is 24.3 Å². The van der Waals surface area contributed by atoms with Crippen LogP contribution in [0.25, 0.3) is 32.8 Å². The molecule has 2 aromatic carbocycles. The average Bonchev–Trinajstić information content (AvgIpc) is 2.77. The number of hydrogen-bond acceptors (Lipinski definition) is 2. The van der Waals surface area contributed by atoms with E-state index in [-0.39, 0.29) is 16.5 Å². The number of rotatable bonds is 0. The van der Waals surface area contributed by atoms with Crippen molar-refractivity contribution in [2.45, 2.75) is 0 Å². The summed E-state index contributed by atoms with van der Waals surface area (Å²) in [4.78, 5) is 14.9. The summed E-state index contributed by atoms with van der Waals surface area (Å²) in [6, 6.07) is 8.79. The van der Waals surface area contributed by atoms with Gasteiger partial charge in [-0.05, 0) is 12.1 Å². The lowest BCUT2D eigenvalue weighted by Crippen LogP contribution is -1.98. The highest BCUT2D eigenvalue weighted by Crippen LogP contribution is 2.31. The van der Waals surface area contributed by atoms with Crippen molar-refractivity contribution in [3.8, 4) is 0 Å². The molecular formula is C15H7F2NO2. The van der Waals surface area contributed by atoms with E-state index < -0.39 is 17.3 Å². The molecule has 0 fully saturated rings. The molecular weight excluding hydrogens is 264 g/mol. The maximum absolute atomic E-state index is 13.9. The van der Waals surface area contributed by atoms with Crippen LogP contribution in [0.3, 0.4) is 0 Å². The summed E-state index contributed by atoms with van der Waals surface area (Å²) in [5, 5.41) is 1.10. The molecule has 2 heterocycles. The fourth-order valence-electron chi connectivity index (χ4n) is 2.54. The molecule has 0 radical (unpaired) electrons. The van der Waals surface area contributed by atoms with Gasteiger partial charge in [0, 0.05) is 11.5 Å². The van der Waals surface area contributed by atoms with Crippen molar-refractivity contribution in [2.75, 3.05) is 0 Å². The Labute approximate surface area is 110 Å². The summed E-state index contributed by atoms with van der Waals surface area (Å²) in [5.41, 5.74) is 0.315. The number of nitrogens with one attached hydrogen (secondary N) is 1. The Morgan fingerprint density at radius 2 is 1.80 bits per heavy atom. The van der Waals surface area contributed by atoms with Gasteiger partial charge < -0.3 is 9.40 Å². The maximum Gasteiger partial charge on any atom is 0.344 e.